The summed E-state index contributed by atoms with van der Waals surface area (Å²) in [7, 11) is 0. The zero-order valence-electron chi connectivity index (χ0n) is 13.9. The van der Waals surface area contributed by atoms with Gasteiger partial charge in [-0.05, 0) is 31.7 Å². The maximum absolute atomic E-state index is 12.6. The Morgan fingerprint density at radius 2 is 2.09 bits per heavy atom. The quantitative estimate of drug-likeness (QED) is 0.540. The first-order valence-corrected chi connectivity index (χ1v) is 9.87. The van der Waals surface area contributed by atoms with E-state index < -0.39 is 0 Å². The number of amides is 1. The fourth-order valence-electron chi connectivity index (χ4n) is 2.34. The average molecular weight is 354 g/mol. The van der Waals surface area contributed by atoms with Crippen molar-refractivity contribution in [3.8, 4) is 0 Å². The summed E-state index contributed by atoms with van der Waals surface area (Å²) in [4.78, 5) is 31.2. The fraction of sp³-hybridized carbons (Fsp3) is 0.562. The molecule has 2 rings (SSSR count). The summed E-state index contributed by atoms with van der Waals surface area (Å²) < 4.78 is 2.42. The molecule has 23 heavy (non-hydrogen) atoms. The highest BCUT2D eigenvalue weighted by Gasteiger charge is 2.15. The standard InChI is InChI=1S/C16H23N3O2S2/c1-4-7-9-19-15(21)14-12(8-10-22-14)17-16(19)23-11-13(20)18(5-2)6-3/h8,10H,4-7,9,11H2,1-3H3. The molecule has 0 N–H and O–H groups in total. The predicted molar refractivity (Wildman–Crippen MR) is 97.4 cm³/mol. The maximum Gasteiger partial charge on any atom is 0.272 e. The number of nitrogens with zero attached hydrogens (tertiary/aromatic N) is 3. The lowest BCUT2D eigenvalue weighted by Crippen LogP contribution is -2.32. The van der Waals surface area contributed by atoms with Crippen LogP contribution in [0.4, 0.5) is 0 Å². The molecule has 0 saturated heterocycles. The number of aromatic nitrogens is 2. The summed E-state index contributed by atoms with van der Waals surface area (Å²) in [6.45, 7) is 8.10. The van der Waals surface area contributed by atoms with E-state index in [1.54, 1.807) is 9.47 Å². The van der Waals surface area contributed by atoms with Crippen LogP contribution in [0.1, 0.15) is 33.6 Å². The molecule has 126 valence electrons. The van der Waals surface area contributed by atoms with Crippen LogP contribution in [-0.2, 0) is 11.3 Å². The van der Waals surface area contributed by atoms with Crippen LogP contribution in [0.5, 0.6) is 0 Å². The molecule has 1 amide bonds. The van der Waals surface area contributed by atoms with Crippen LogP contribution in [0, 0.1) is 0 Å². The predicted octanol–water partition coefficient (Wildman–Crippen LogP) is 3.22. The molecule has 0 spiro atoms. The van der Waals surface area contributed by atoms with E-state index in [2.05, 4.69) is 11.9 Å². The number of rotatable bonds is 8. The van der Waals surface area contributed by atoms with Crippen LogP contribution in [-0.4, -0.2) is 39.2 Å². The van der Waals surface area contributed by atoms with Gasteiger partial charge in [-0.2, -0.15) is 0 Å². The van der Waals surface area contributed by atoms with Crippen LogP contribution in [0.2, 0.25) is 0 Å². The van der Waals surface area contributed by atoms with Gasteiger partial charge in [-0.1, -0.05) is 25.1 Å². The maximum atomic E-state index is 12.6. The van der Waals surface area contributed by atoms with E-state index in [-0.39, 0.29) is 11.5 Å². The molecule has 0 saturated carbocycles. The van der Waals surface area contributed by atoms with Crippen molar-refractivity contribution in [2.75, 3.05) is 18.8 Å². The molecule has 5 nitrogen and oxygen atoms in total. The lowest BCUT2D eigenvalue weighted by atomic mass is 10.3. The zero-order valence-corrected chi connectivity index (χ0v) is 15.5. The van der Waals surface area contributed by atoms with Gasteiger partial charge in [0.05, 0.1) is 11.3 Å². The van der Waals surface area contributed by atoms with Crippen molar-refractivity contribution in [1.29, 1.82) is 0 Å². The average Bonchev–Trinajstić information content (AvgIpc) is 3.02. The Morgan fingerprint density at radius 3 is 2.74 bits per heavy atom. The van der Waals surface area contributed by atoms with Gasteiger partial charge in [-0.15, -0.1) is 11.3 Å². The monoisotopic (exact) mass is 353 g/mol. The highest BCUT2D eigenvalue weighted by Crippen LogP contribution is 2.21. The smallest absolute Gasteiger partial charge is 0.272 e. The van der Waals surface area contributed by atoms with Gasteiger partial charge in [0.15, 0.2) is 5.16 Å². The van der Waals surface area contributed by atoms with E-state index in [1.807, 2.05) is 25.3 Å². The van der Waals surface area contributed by atoms with Gasteiger partial charge in [0.25, 0.3) is 5.56 Å². The molecule has 7 heteroatoms. The second-order valence-corrected chi connectivity index (χ2v) is 7.05. The van der Waals surface area contributed by atoms with Crippen molar-refractivity contribution < 1.29 is 4.79 Å². The molecule has 2 aromatic rings. The summed E-state index contributed by atoms with van der Waals surface area (Å²) in [5.74, 6) is 0.400. The summed E-state index contributed by atoms with van der Waals surface area (Å²) >= 11 is 2.79. The van der Waals surface area contributed by atoms with E-state index in [0.717, 1.165) is 18.4 Å². The fourth-order valence-corrected chi connectivity index (χ4v) is 4.05. The first-order valence-electron chi connectivity index (χ1n) is 8.00. The van der Waals surface area contributed by atoms with Crippen LogP contribution in [0.15, 0.2) is 21.4 Å². The number of hydrogen-bond donors (Lipinski definition) is 0. The van der Waals surface area contributed by atoms with Crippen molar-refractivity contribution in [3.05, 3.63) is 21.8 Å². The van der Waals surface area contributed by atoms with Crippen LogP contribution >= 0.6 is 23.1 Å². The van der Waals surface area contributed by atoms with Gasteiger partial charge in [0.2, 0.25) is 5.91 Å². The first kappa shape index (κ1) is 18.0. The Bertz CT molecular complexity index is 720. The Labute approximate surface area is 144 Å². The number of thiophene rings is 1. The van der Waals surface area contributed by atoms with Gasteiger partial charge >= 0.3 is 0 Å². The molecular weight excluding hydrogens is 330 g/mol. The van der Waals surface area contributed by atoms with Crippen molar-refractivity contribution in [3.63, 3.8) is 0 Å². The SMILES string of the molecule is CCCCn1c(SCC(=O)N(CC)CC)nc2ccsc2c1=O. The van der Waals surface area contributed by atoms with Crippen molar-refractivity contribution in [2.24, 2.45) is 0 Å². The second kappa shape index (κ2) is 8.49. The van der Waals surface area contributed by atoms with Gasteiger partial charge < -0.3 is 4.90 Å². The Balaban J connectivity index is 2.27. The molecule has 2 aromatic heterocycles. The van der Waals surface area contributed by atoms with E-state index in [9.17, 15) is 9.59 Å². The highest BCUT2D eigenvalue weighted by molar-refractivity contribution is 7.99. The first-order chi connectivity index (χ1) is 11.1. The normalized spacial score (nSPS) is 11.1. The Morgan fingerprint density at radius 1 is 1.35 bits per heavy atom. The number of fused-ring (bicyclic) bond motifs is 1. The Kier molecular flexibility index (Phi) is 6.65. The topological polar surface area (TPSA) is 55.2 Å². The molecule has 0 aliphatic rings. The summed E-state index contributed by atoms with van der Waals surface area (Å²) in [6, 6.07) is 1.86. The highest BCUT2D eigenvalue weighted by atomic mass is 32.2. The largest absolute Gasteiger partial charge is 0.343 e. The molecule has 0 fully saturated rings. The number of thioether (sulfide) groups is 1. The van der Waals surface area contributed by atoms with Crippen LogP contribution < -0.4 is 5.56 Å². The number of hydrogen-bond acceptors (Lipinski definition) is 5. The summed E-state index contributed by atoms with van der Waals surface area (Å²) in [5, 5.41) is 2.54. The molecule has 0 unspecified atom stereocenters. The lowest BCUT2D eigenvalue weighted by Gasteiger charge is -2.18. The van der Waals surface area contributed by atoms with Gasteiger partial charge in [0, 0.05) is 19.6 Å². The van der Waals surface area contributed by atoms with Gasteiger partial charge in [-0.3, -0.25) is 14.2 Å². The minimum Gasteiger partial charge on any atom is -0.343 e. The van der Waals surface area contributed by atoms with Crippen molar-refractivity contribution in [2.45, 2.75) is 45.3 Å². The second-order valence-electron chi connectivity index (χ2n) is 5.19. The van der Waals surface area contributed by atoms with E-state index in [0.29, 0.717) is 35.2 Å². The molecule has 0 radical (unpaired) electrons. The summed E-state index contributed by atoms with van der Waals surface area (Å²) in [6.07, 6.45) is 1.94. The number of carbonyl (C=O) groups excluding carboxylic acids is 1. The third-order valence-electron chi connectivity index (χ3n) is 3.71. The van der Waals surface area contributed by atoms with Crippen molar-refractivity contribution in [1.82, 2.24) is 14.5 Å². The third kappa shape index (κ3) is 4.14. The zero-order chi connectivity index (χ0) is 16.8. The molecule has 0 aliphatic heterocycles. The minimum absolute atomic E-state index is 0.0104. The number of unbranched alkanes of at least 4 members (excludes halogenated alkanes) is 1. The van der Waals surface area contributed by atoms with Gasteiger partial charge in [-0.25, -0.2) is 4.98 Å². The molecule has 0 aliphatic carbocycles. The Hall–Kier alpha value is -1.34. The molecule has 0 aromatic carbocycles. The van der Waals surface area contributed by atoms with E-state index >= 15 is 0 Å². The summed E-state index contributed by atoms with van der Waals surface area (Å²) in [5.41, 5.74) is 0.738. The molecule has 0 atom stereocenters. The van der Waals surface area contributed by atoms with Crippen LogP contribution in [0.25, 0.3) is 10.2 Å². The molecule has 2 heterocycles. The minimum atomic E-state index is 0.0104. The van der Waals surface area contributed by atoms with Gasteiger partial charge in [0.1, 0.15) is 4.70 Å². The van der Waals surface area contributed by atoms with E-state index in [1.165, 1.54) is 23.1 Å². The van der Waals surface area contributed by atoms with Crippen molar-refractivity contribution >= 4 is 39.2 Å². The van der Waals surface area contributed by atoms with Crippen LogP contribution in [0.3, 0.4) is 0 Å². The molecular formula is C16H23N3O2S2. The lowest BCUT2D eigenvalue weighted by molar-refractivity contribution is -0.127. The number of carbonyl (C=O) groups is 1. The molecule has 0 bridgehead atoms. The third-order valence-corrected chi connectivity index (χ3v) is 5.56. The van der Waals surface area contributed by atoms with E-state index in [4.69, 9.17) is 0 Å².